The highest BCUT2D eigenvalue weighted by Gasteiger charge is 2.21. The second kappa shape index (κ2) is 7.68. The molecule has 0 amide bonds. The fourth-order valence-corrected chi connectivity index (χ4v) is 4.43. The fraction of sp³-hybridized carbons (Fsp3) is 0.364. The third-order valence-corrected chi connectivity index (χ3v) is 5.94. The van der Waals surface area contributed by atoms with Crippen LogP contribution in [0.2, 0.25) is 0 Å². The molecule has 4 heterocycles. The van der Waals surface area contributed by atoms with Crippen LogP contribution in [0.15, 0.2) is 35.3 Å². The van der Waals surface area contributed by atoms with Gasteiger partial charge in [0.1, 0.15) is 17.5 Å². The first-order valence-electron chi connectivity index (χ1n) is 10.3. The van der Waals surface area contributed by atoms with Crippen molar-refractivity contribution in [1.29, 1.82) is 0 Å². The number of nitrogens with zero attached hydrogens (tertiary/aromatic N) is 3. The van der Waals surface area contributed by atoms with Crippen molar-refractivity contribution >= 4 is 22.4 Å². The number of nitrogens with one attached hydrogen (secondary N) is 2. The number of hydrogen-bond donors (Lipinski definition) is 2. The molecule has 2 N–H and O–H groups in total. The van der Waals surface area contributed by atoms with Crippen LogP contribution in [0, 0.1) is 11.6 Å². The summed E-state index contributed by atoms with van der Waals surface area (Å²) in [6.45, 7) is 4.47. The second-order valence-corrected chi connectivity index (χ2v) is 7.94. The number of H-pyrrole nitrogens is 1. The largest absolute Gasteiger partial charge is 0.384 e. The van der Waals surface area contributed by atoms with Crippen molar-refractivity contribution in [2.75, 3.05) is 42.9 Å². The Morgan fingerprint density at radius 2 is 1.93 bits per heavy atom. The molecule has 5 rings (SSSR count). The van der Waals surface area contributed by atoms with E-state index in [1.807, 2.05) is 6.07 Å². The Hall–Kier alpha value is -3.00. The molecule has 0 radical (unpaired) electrons. The monoisotopic (exact) mass is 411 g/mol. The zero-order valence-corrected chi connectivity index (χ0v) is 16.5. The zero-order chi connectivity index (χ0) is 20.7. The Kier molecular flexibility index (Phi) is 4.86. The van der Waals surface area contributed by atoms with Crippen molar-refractivity contribution < 1.29 is 8.78 Å². The van der Waals surface area contributed by atoms with Gasteiger partial charge in [-0.1, -0.05) is 0 Å². The van der Waals surface area contributed by atoms with E-state index >= 15 is 4.39 Å². The Morgan fingerprint density at radius 3 is 2.70 bits per heavy atom. The molecule has 0 saturated carbocycles. The van der Waals surface area contributed by atoms with Crippen LogP contribution in [0.5, 0.6) is 0 Å². The Labute approximate surface area is 172 Å². The maximum Gasteiger partial charge on any atom is 0.253 e. The van der Waals surface area contributed by atoms with Gasteiger partial charge in [0.05, 0.1) is 22.8 Å². The summed E-state index contributed by atoms with van der Waals surface area (Å²) in [6.07, 6.45) is 2.77. The van der Waals surface area contributed by atoms with E-state index in [-0.39, 0.29) is 17.2 Å². The van der Waals surface area contributed by atoms with E-state index in [1.165, 1.54) is 12.3 Å². The number of aromatic amines is 1. The summed E-state index contributed by atoms with van der Waals surface area (Å²) in [5.74, 6) is 0.117. The van der Waals surface area contributed by atoms with Crippen molar-refractivity contribution in [2.45, 2.75) is 19.4 Å². The lowest BCUT2D eigenvalue weighted by Gasteiger charge is -2.35. The molecule has 30 heavy (non-hydrogen) atoms. The minimum atomic E-state index is -0.342. The lowest BCUT2D eigenvalue weighted by Crippen LogP contribution is -2.46. The minimum absolute atomic E-state index is 0.137. The number of halogens is 2. The first-order valence-corrected chi connectivity index (χ1v) is 10.3. The van der Waals surface area contributed by atoms with Crippen LogP contribution in [0.3, 0.4) is 0 Å². The molecule has 1 saturated heterocycles. The van der Waals surface area contributed by atoms with Gasteiger partial charge in [-0.3, -0.25) is 9.69 Å². The minimum Gasteiger partial charge on any atom is -0.384 e. The highest BCUT2D eigenvalue weighted by atomic mass is 19.1. The van der Waals surface area contributed by atoms with Crippen molar-refractivity contribution in [3.63, 3.8) is 0 Å². The highest BCUT2D eigenvalue weighted by Crippen LogP contribution is 2.30. The molecule has 0 bridgehead atoms. The number of anilines is 2. The van der Waals surface area contributed by atoms with Gasteiger partial charge in [0.25, 0.3) is 5.56 Å². The number of rotatable bonds is 3. The van der Waals surface area contributed by atoms with E-state index in [0.29, 0.717) is 35.1 Å². The average molecular weight is 411 g/mol. The van der Waals surface area contributed by atoms with Crippen molar-refractivity contribution in [1.82, 2.24) is 14.9 Å². The van der Waals surface area contributed by atoms with E-state index in [2.05, 4.69) is 25.1 Å². The SMILES string of the molecule is O=c1[nH]c2cc(CN3CCN(c4ccc(F)cn4)CC3)cc(F)c2c2c1CCCN2. The summed E-state index contributed by atoms with van der Waals surface area (Å²) in [6, 6.07) is 6.56. The zero-order valence-electron chi connectivity index (χ0n) is 16.5. The average Bonchev–Trinajstić information content (AvgIpc) is 2.75. The summed E-state index contributed by atoms with van der Waals surface area (Å²) in [5, 5.41) is 3.68. The van der Waals surface area contributed by atoms with Crippen LogP contribution in [-0.2, 0) is 13.0 Å². The molecular formula is C22H23F2N5O. The predicted molar refractivity (Wildman–Crippen MR) is 113 cm³/mol. The molecule has 0 atom stereocenters. The van der Waals surface area contributed by atoms with Gasteiger partial charge in [0.2, 0.25) is 0 Å². The molecule has 1 fully saturated rings. The smallest absolute Gasteiger partial charge is 0.253 e. The molecule has 0 aliphatic carbocycles. The van der Waals surface area contributed by atoms with Crippen LogP contribution in [0.1, 0.15) is 17.5 Å². The topological polar surface area (TPSA) is 64.3 Å². The van der Waals surface area contributed by atoms with Crippen molar-refractivity contribution in [2.24, 2.45) is 0 Å². The van der Waals surface area contributed by atoms with Gasteiger partial charge in [0.15, 0.2) is 0 Å². The second-order valence-electron chi connectivity index (χ2n) is 7.94. The number of pyridine rings is 2. The molecule has 6 nitrogen and oxygen atoms in total. The third kappa shape index (κ3) is 3.52. The summed E-state index contributed by atoms with van der Waals surface area (Å²) in [5.41, 5.74) is 2.52. The van der Waals surface area contributed by atoms with Crippen LogP contribution < -0.4 is 15.8 Å². The van der Waals surface area contributed by atoms with Crippen LogP contribution >= 0.6 is 0 Å². The Morgan fingerprint density at radius 1 is 1.10 bits per heavy atom. The molecule has 0 spiro atoms. The van der Waals surface area contributed by atoms with E-state index < -0.39 is 0 Å². The van der Waals surface area contributed by atoms with Gasteiger partial charge in [0, 0.05) is 44.8 Å². The molecule has 156 valence electrons. The Balaban J connectivity index is 1.34. The lowest BCUT2D eigenvalue weighted by atomic mass is 10.00. The number of fused-ring (bicyclic) bond motifs is 3. The first-order chi connectivity index (χ1) is 14.6. The van der Waals surface area contributed by atoms with Gasteiger partial charge in [-0.15, -0.1) is 0 Å². The van der Waals surface area contributed by atoms with E-state index in [1.54, 1.807) is 12.1 Å². The summed E-state index contributed by atoms with van der Waals surface area (Å²) in [4.78, 5) is 23.8. The number of hydrogen-bond acceptors (Lipinski definition) is 5. The molecule has 3 aromatic rings. The number of benzene rings is 1. The van der Waals surface area contributed by atoms with Gasteiger partial charge < -0.3 is 15.2 Å². The first kappa shape index (κ1) is 19.0. The van der Waals surface area contributed by atoms with Crippen LogP contribution in [0.4, 0.5) is 20.3 Å². The molecule has 2 aromatic heterocycles. The third-order valence-electron chi connectivity index (χ3n) is 5.94. The Bertz CT molecular complexity index is 1140. The van der Waals surface area contributed by atoms with Crippen molar-refractivity contribution in [3.8, 4) is 0 Å². The maximum atomic E-state index is 15.0. The summed E-state index contributed by atoms with van der Waals surface area (Å²) in [7, 11) is 0. The molecule has 2 aliphatic heterocycles. The summed E-state index contributed by atoms with van der Waals surface area (Å²) >= 11 is 0. The van der Waals surface area contributed by atoms with Gasteiger partial charge in [-0.2, -0.15) is 0 Å². The van der Waals surface area contributed by atoms with Gasteiger partial charge in [-0.05, 0) is 42.7 Å². The molecule has 0 unspecified atom stereocenters. The lowest BCUT2D eigenvalue weighted by molar-refractivity contribution is 0.249. The fourth-order valence-electron chi connectivity index (χ4n) is 4.43. The number of piperazine rings is 1. The van der Waals surface area contributed by atoms with Gasteiger partial charge >= 0.3 is 0 Å². The maximum absolute atomic E-state index is 15.0. The normalized spacial score (nSPS) is 17.1. The van der Waals surface area contributed by atoms with E-state index in [4.69, 9.17) is 0 Å². The number of aromatic nitrogens is 2. The predicted octanol–water partition coefficient (Wildman–Crippen LogP) is 2.88. The molecule has 8 heteroatoms. The summed E-state index contributed by atoms with van der Waals surface area (Å²) < 4.78 is 28.1. The van der Waals surface area contributed by atoms with Crippen molar-refractivity contribution in [3.05, 3.63) is 63.6 Å². The van der Waals surface area contributed by atoms with Crippen LogP contribution in [0.25, 0.3) is 10.9 Å². The van der Waals surface area contributed by atoms with Crippen LogP contribution in [-0.4, -0.2) is 47.6 Å². The van der Waals surface area contributed by atoms with E-state index in [0.717, 1.165) is 50.5 Å². The molecule has 1 aromatic carbocycles. The molecule has 2 aliphatic rings. The molecular weight excluding hydrogens is 388 g/mol. The van der Waals surface area contributed by atoms with Gasteiger partial charge in [-0.25, -0.2) is 13.8 Å². The standard InChI is InChI=1S/C22H23F2N5O/c23-15-3-4-19(26-12-15)29-8-6-28(7-9-29)13-14-10-17(24)20-18(11-14)27-22(30)16-2-1-5-25-21(16)20/h3-4,10-12,25H,1-2,5-9,13H2,(H,27,30). The highest BCUT2D eigenvalue weighted by molar-refractivity contribution is 5.94. The van der Waals surface area contributed by atoms with E-state index in [9.17, 15) is 9.18 Å². The quantitative estimate of drug-likeness (QED) is 0.694.